The molecule has 1 aromatic rings. The smallest absolute Gasteiger partial charge is 0.128 e. The van der Waals surface area contributed by atoms with Crippen LogP contribution in [0.5, 0.6) is 0 Å². The highest BCUT2D eigenvalue weighted by Gasteiger charge is 2.04. The number of halogens is 2. The fourth-order valence-electron chi connectivity index (χ4n) is 1.11. The van der Waals surface area contributed by atoms with Gasteiger partial charge in [-0.15, -0.1) is 0 Å². The van der Waals surface area contributed by atoms with Crippen molar-refractivity contribution in [2.75, 3.05) is 5.32 Å². The van der Waals surface area contributed by atoms with Crippen LogP contribution in [0.15, 0.2) is 18.2 Å². The van der Waals surface area contributed by atoms with Gasteiger partial charge < -0.3 is 5.32 Å². The van der Waals surface area contributed by atoms with Gasteiger partial charge in [0, 0.05) is 17.8 Å². The van der Waals surface area contributed by atoms with E-state index in [1.807, 2.05) is 6.07 Å². The van der Waals surface area contributed by atoms with Gasteiger partial charge in [-0.25, -0.2) is 8.78 Å². The first-order valence-corrected chi connectivity index (χ1v) is 4.21. The Balaban J connectivity index is 2.72. The molecular formula is C10H10F2N2. The molecule has 74 valence electrons. The predicted molar refractivity (Wildman–Crippen MR) is 49.7 cm³/mol. The van der Waals surface area contributed by atoms with Crippen LogP contribution in [-0.4, -0.2) is 6.04 Å². The van der Waals surface area contributed by atoms with Crippen LogP contribution in [0, 0.1) is 23.0 Å². The van der Waals surface area contributed by atoms with Crippen LogP contribution >= 0.6 is 0 Å². The third-order valence-electron chi connectivity index (χ3n) is 1.67. The van der Waals surface area contributed by atoms with Crippen molar-refractivity contribution in [3.8, 4) is 6.07 Å². The maximum absolute atomic E-state index is 12.7. The lowest BCUT2D eigenvalue weighted by atomic mass is 10.2. The highest BCUT2D eigenvalue weighted by molar-refractivity contribution is 5.44. The third kappa shape index (κ3) is 3.02. The molecule has 0 saturated heterocycles. The summed E-state index contributed by atoms with van der Waals surface area (Å²) in [6, 6.07) is 5.03. The molecule has 14 heavy (non-hydrogen) atoms. The summed E-state index contributed by atoms with van der Waals surface area (Å²) in [5.74, 6) is -1.26. The van der Waals surface area contributed by atoms with Crippen molar-refractivity contribution in [1.82, 2.24) is 0 Å². The molecular weight excluding hydrogens is 186 g/mol. The van der Waals surface area contributed by atoms with Crippen LogP contribution in [0.25, 0.3) is 0 Å². The predicted octanol–water partition coefficient (Wildman–Crippen LogP) is 2.68. The molecule has 1 rings (SSSR count). The van der Waals surface area contributed by atoms with Gasteiger partial charge in [0.2, 0.25) is 0 Å². The Bertz CT molecular complexity index is 337. The zero-order valence-electron chi connectivity index (χ0n) is 7.72. The van der Waals surface area contributed by atoms with Crippen LogP contribution in [0.3, 0.4) is 0 Å². The van der Waals surface area contributed by atoms with E-state index in [0.29, 0.717) is 5.69 Å². The largest absolute Gasteiger partial charge is 0.381 e. The first-order chi connectivity index (χ1) is 6.61. The average Bonchev–Trinajstić information content (AvgIpc) is 2.01. The molecule has 0 aliphatic carbocycles. The summed E-state index contributed by atoms with van der Waals surface area (Å²) in [4.78, 5) is 0. The summed E-state index contributed by atoms with van der Waals surface area (Å²) in [6.45, 7) is 1.77. The van der Waals surface area contributed by atoms with E-state index < -0.39 is 11.6 Å². The molecule has 1 unspecified atom stereocenters. The van der Waals surface area contributed by atoms with Gasteiger partial charge >= 0.3 is 0 Å². The summed E-state index contributed by atoms with van der Waals surface area (Å²) in [5.41, 5.74) is 0.352. The van der Waals surface area contributed by atoms with Crippen LogP contribution in [0.1, 0.15) is 13.3 Å². The Morgan fingerprint density at radius 3 is 2.43 bits per heavy atom. The Morgan fingerprint density at radius 2 is 1.93 bits per heavy atom. The van der Waals surface area contributed by atoms with Gasteiger partial charge in [-0.05, 0) is 19.1 Å². The van der Waals surface area contributed by atoms with E-state index >= 15 is 0 Å². The number of rotatable bonds is 3. The molecule has 0 saturated carbocycles. The number of nitriles is 1. The second-order valence-corrected chi connectivity index (χ2v) is 3.07. The lowest BCUT2D eigenvalue weighted by Crippen LogP contribution is -2.14. The minimum Gasteiger partial charge on any atom is -0.381 e. The second-order valence-electron chi connectivity index (χ2n) is 3.07. The topological polar surface area (TPSA) is 35.8 Å². The van der Waals surface area contributed by atoms with Gasteiger partial charge in [-0.1, -0.05) is 0 Å². The summed E-state index contributed by atoms with van der Waals surface area (Å²) in [5, 5.41) is 11.2. The van der Waals surface area contributed by atoms with Crippen molar-refractivity contribution in [3.05, 3.63) is 29.8 Å². The van der Waals surface area contributed by atoms with Gasteiger partial charge in [-0.3, -0.25) is 0 Å². The monoisotopic (exact) mass is 196 g/mol. The van der Waals surface area contributed by atoms with Crippen molar-refractivity contribution in [2.45, 2.75) is 19.4 Å². The fraction of sp³-hybridized carbons (Fsp3) is 0.300. The van der Waals surface area contributed by atoms with Crippen molar-refractivity contribution in [1.29, 1.82) is 5.26 Å². The molecule has 0 aliphatic heterocycles. The van der Waals surface area contributed by atoms with Crippen molar-refractivity contribution < 1.29 is 8.78 Å². The van der Waals surface area contributed by atoms with Crippen molar-refractivity contribution in [2.24, 2.45) is 0 Å². The van der Waals surface area contributed by atoms with Gasteiger partial charge in [0.15, 0.2) is 0 Å². The molecule has 0 aromatic heterocycles. The molecule has 0 amide bonds. The quantitative estimate of drug-likeness (QED) is 0.806. The van der Waals surface area contributed by atoms with E-state index in [4.69, 9.17) is 5.26 Å². The molecule has 1 aromatic carbocycles. The zero-order valence-corrected chi connectivity index (χ0v) is 7.72. The van der Waals surface area contributed by atoms with E-state index in [9.17, 15) is 8.78 Å². The maximum Gasteiger partial charge on any atom is 0.128 e. The number of hydrogen-bond donors (Lipinski definition) is 1. The summed E-state index contributed by atoms with van der Waals surface area (Å²) in [6.07, 6.45) is 0.290. The average molecular weight is 196 g/mol. The van der Waals surface area contributed by atoms with E-state index in [1.165, 1.54) is 12.1 Å². The Labute approximate surface area is 81.2 Å². The highest BCUT2D eigenvalue weighted by atomic mass is 19.1. The molecule has 4 heteroatoms. The van der Waals surface area contributed by atoms with E-state index in [1.54, 1.807) is 6.92 Å². The number of anilines is 1. The maximum atomic E-state index is 12.7. The molecule has 0 heterocycles. The second kappa shape index (κ2) is 4.56. The van der Waals surface area contributed by atoms with Crippen molar-refractivity contribution >= 4 is 5.69 Å². The minimum atomic E-state index is -0.628. The van der Waals surface area contributed by atoms with Crippen LogP contribution < -0.4 is 5.32 Å². The first kappa shape index (κ1) is 10.5. The minimum absolute atomic E-state index is 0.124. The molecule has 2 nitrogen and oxygen atoms in total. The molecule has 1 atom stereocenters. The van der Waals surface area contributed by atoms with Gasteiger partial charge in [0.05, 0.1) is 12.5 Å². The summed E-state index contributed by atoms with van der Waals surface area (Å²) in [7, 11) is 0. The summed E-state index contributed by atoms with van der Waals surface area (Å²) >= 11 is 0. The molecule has 0 fully saturated rings. The highest BCUT2D eigenvalue weighted by Crippen LogP contribution is 2.14. The van der Waals surface area contributed by atoms with E-state index in [-0.39, 0.29) is 12.5 Å². The van der Waals surface area contributed by atoms with Crippen molar-refractivity contribution in [3.63, 3.8) is 0 Å². The number of hydrogen-bond acceptors (Lipinski definition) is 2. The SMILES string of the molecule is CC(CC#N)Nc1cc(F)cc(F)c1. The molecule has 0 spiro atoms. The van der Waals surface area contributed by atoms with Gasteiger partial charge in [0.25, 0.3) is 0 Å². The lowest BCUT2D eigenvalue weighted by Gasteiger charge is -2.11. The first-order valence-electron chi connectivity index (χ1n) is 4.21. The van der Waals surface area contributed by atoms with Crippen LogP contribution in [0.2, 0.25) is 0 Å². The van der Waals surface area contributed by atoms with Crippen LogP contribution in [0.4, 0.5) is 14.5 Å². The molecule has 0 aliphatic rings. The lowest BCUT2D eigenvalue weighted by molar-refractivity contribution is 0.583. The van der Waals surface area contributed by atoms with Gasteiger partial charge in [0.1, 0.15) is 11.6 Å². The van der Waals surface area contributed by atoms with E-state index in [0.717, 1.165) is 6.07 Å². The standard InChI is InChI=1S/C10H10F2N2/c1-7(2-3-13)14-10-5-8(11)4-9(12)6-10/h4-7,14H,2H2,1H3. The Morgan fingerprint density at radius 1 is 1.36 bits per heavy atom. The van der Waals surface area contributed by atoms with Crippen LogP contribution in [-0.2, 0) is 0 Å². The molecule has 0 bridgehead atoms. The normalized spacial score (nSPS) is 11.9. The number of nitrogens with zero attached hydrogens (tertiary/aromatic N) is 1. The van der Waals surface area contributed by atoms with Gasteiger partial charge in [-0.2, -0.15) is 5.26 Å². The fourth-order valence-corrected chi connectivity index (χ4v) is 1.11. The zero-order chi connectivity index (χ0) is 10.6. The summed E-state index contributed by atoms with van der Waals surface area (Å²) < 4.78 is 25.4. The van der Waals surface area contributed by atoms with E-state index in [2.05, 4.69) is 5.32 Å². The third-order valence-corrected chi connectivity index (χ3v) is 1.67. The molecule has 1 N–H and O–H groups in total. The number of benzene rings is 1. The number of nitrogens with one attached hydrogen (secondary N) is 1. The Hall–Kier alpha value is -1.63. The Kier molecular flexibility index (Phi) is 3.41. The molecule has 0 radical (unpaired) electrons.